The van der Waals surface area contributed by atoms with E-state index >= 15 is 0 Å². The molecule has 0 saturated carbocycles. The number of likely N-dealkylation sites (tertiary alicyclic amines) is 1. The molecule has 2 N–H and O–H groups in total. The number of rotatable bonds is 3. The first-order valence-electron chi connectivity index (χ1n) is 7.08. The Bertz CT molecular complexity index is 428. The number of amides is 1. The quantitative estimate of drug-likeness (QED) is 0.905. The lowest BCUT2D eigenvalue weighted by Crippen LogP contribution is -2.50. The van der Waals surface area contributed by atoms with Crippen LogP contribution in [0.4, 0.5) is 0 Å². The number of nitrogens with zero attached hydrogens (tertiary/aromatic N) is 1. The molecule has 1 fully saturated rings. The molecule has 19 heavy (non-hydrogen) atoms. The molecule has 0 bridgehead atoms. The molecule has 0 aliphatic carbocycles. The fourth-order valence-electron chi connectivity index (χ4n) is 2.80. The first-order valence-corrected chi connectivity index (χ1v) is 7.08. The minimum absolute atomic E-state index is 0.144. The van der Waals surface area contributed by atoms with Gasteiger partial charge in [-0.2, -0.15) is 0 Å². The number of carbonyl (C=O) groups is 1. The van der Waals surface area contributed by atoms with Gasteiger partial charge in [-0.1, -0.05) is 44.2 Å². The number of hydrogen-bond donors (Lipinski definition) is 1. The third-order valence-corrected chi connectivity index (χ3v) is 3.81. The van der Waals surface area contributed by atoms with E-state index in [1.165, 1.54) is 5.56 Å². The zero-order valence-electron chi connectivity index (χ0n) is 11.9. The van der Waals surface area contributed by atoms with Crippen LogP contribution in [0.5, 0.6) is 0 Å². The molecule has 0 spiro atoms. The number of hydrogen-bond acceptors (Lipinski definition) is 2. The summed E-state index contributed by atoms with van der Waals surface area (Å²) < 4.78 is 0. The molecule has 0 aromatic heterocycles. The molecule has 1 atom stereocenters. The minimum Gasteiger partial charge on any atom is -0.341 e. The normalized spacial score (nSPS) is 20.4. The van der Waals surface area contributed by atoms with Crippen molar-refractivity contribution in [3.63, 3.8) is 0 Å². The maximum Gasteiger partial charge on any atom is 0.228 e. The van der Waals surface area contributed by atoms with Crippen molar-refractivity contribution < 1.29 is 4.79 Å². The first kappa shape index (κ1) is 14.1. The molecule has 1 aliphatic rings. The van der Waals surface area contributed by atoms with Crippen molar-refractivity contribution in [2.24, 2.45) is 11.1 Å². The van der Waals surface area contributed by atoms with Crippen molar-refractivity contribution in [2.45, 2.75) is 39.2 Å². The maximum absolute atomic E-state index is 12.6. The van der Waals surface area contributed by atoms with Gasteiger partial charge in [-0.3, -0.25) is 4.79 Å². The van der Waals surface area contributed by atoms with Crippen molar-refractivity contribution in [1.29, 1.82) is 0 Å². The molecule has 1 aromatic carbocycles. The smallest absolute Gasteiger partial charge is 0.228 e. The highest BCUT2D eigenvalue weighted by Crippen LogP contribution is 2.26. The fourth-order valence-corrected chi connectivity index (χ4v) is 2.80. The van der Waals surface area contributed by atoms with Crippen LogP contribution in [-0.2, 0) is 11.2 Å². The second-order valence-corrected chi connectivity index (χ2v) is 6.20. The molecule has 1 saturated heterocycles. The standard InChI is InChI=1S/C16H24N2O/c1-16(2,11-13-7-4-3-5-8-13)15(19)18-10-6-9-14(17)12-18/h3-5,7-8,14H,6,9-12,17H2,1-2H3. The van der Waals surface area contributed by atoms with Crippen LogP contribution < -0.4 is 5.73 Å². The van der Waals surface area contributed by atoms with Crippen molar-refractivity contribution in [1.82, 2.24) is 4.90 Å². The second-order valence-electron chi connectivity index (χ2n) is 6.20. The molecule has 1 aliphatic heterocycles. The predicted octanol–water partition coefficient (Wildman–Crippen LogP) is 2.21. The highest BCUT2D eigenvalue weighted by molar-refractivity contribution is 5.82. The predicted molar refractivity (Wildman–Crippen MR) is 77.7 cm³/mol. The minimum atomic E-state index is -0.363. The lowest BCUT2D eigenvalue weighted by Gasteiger charge is -2.36. The summed E-state index contributed by atoms with van der Waals surface area (Å²) >= 11 is 0. The van der Waals surface area contributed by atoms with Gasteiger partial charge in [0.15, 0.2) is 0 Å². The Morgan fingerprint density at radius 1 is 1.37 bits per heavy atom. The molecule has 3 heteroatoms. The maximum atomic E-state index is 12.6. The number of piperidine rings is 1. The lowest BCUT2D eigenvalue weighted by molar-refractivity contribution is -0.141. The largest absolute Gasteiger partial charge is 0.341 e. The molecule has 1 aromatic rings. The fraction of sp³-hybridized carbons (Fsp3) is 0.562. The number of benzene rings is 1. The van der Waals surface area contributed by atoms with Gasteiger partial charge in [0.1, 0.15) is 0 Å². The zero-order chi connectivity index (χ0) is 13.9. The molecule has 1 unspecified atom stereocenters. The van der Waals surface area contributed by atoms with Gasteiger partial charge in [0, 0.05) is 24.5 Å². The van der Waals surface area contributed by atoms with E-state index in [2.05, 4.69) is 12.1 Å². The van der Waals surface area contributed by atoms with Gasteiger partial charge in [-0.05, 0) is 24.8 Å². The second kappa shape index (κ2) is 5.74. The van der Waals surface area contributed by atoms with Crippen LogP contribution in [0.2, 0.25) is 0 Å². The van der Waals surface area contributed by atoms with E-state index in [1.54, 1.807) is 0 Å². The average Bonchev–Trinajstić information content (AvgIpc) is 2.38. The zero-order valence-corrected chi connectivity index (χ0v) is 11.9. The Balaban J connectivity index is 2.04. The third-order valence-electron chi connectivity index (χ3n) is 3.81. The Labute approximate surface area is 115 Å². The van der Waals surface area contributed by atoms with E-state index < -0.39 is 0 Å². The van der Waals surface area contributed by atoms with Crippen LogP contribution in [0.3, 0.4) is 0 Å². The van der Waals surface area contributed by atoms with Gasteiger partial charge in [0.05, 0.1) is 0 Å². The summed E-state index contributed by atoms with van der Waals surface area (Å²) in [7, 11) is 0. The highest BCUT2D eigenvalue weighted by Gasteiger charge is 2.33. The molecule has 2 rings (SSSR count). The summed E-state index contributed by atoms with van der Waals surface area (Å²) in [4.78, 5) is 14.6. The number of nitrogens with two attached hydrogens (primary N) is 1. The summed E-state index contributed by atoms with van der Waals surface area (Å²) in [6.07, 6.45) is 2.83. The van der Waals surface area contributed by atoms with Crippen LogP contribution in [0.25, 0.3) is 0 Å². The van der Waals surface area contributed by atoms with Crippen LogP contribution in [-0.4, -0.2) is 29.9 Å². The molecule has 1 amide bonds. The van der Waals surface area contributed by atoms with Gasteiger partial charge in [-0.15, -0.1) is 0 Å². The summed E-state index contributed by atoms with van der Waals surface area (Å²) in [6, 6.07) is 10.3. The van der Waals surface area contributed by atoms with Gasteiger partial charge < -0.3 is 10.6 Å². The summed E-state index contributed by atoms with van der Waals surface area (Å²) in [5, 5.41) is 0. The molecule has 3 nitrogen and oxygen atoms in total. The van der Waals surface area contributed by atoms with E-state index in [9.17, 15) is 4.79 Å². The number of carbonyl (C=O) groups excluding carboxylic acids is 1. The summed E-state index contributed by atoms with van der Waals surface area (Å²) in [5.74, 6) is 0.228. The highest BCUT2D eigenvalue weighted by atomic mass is 16.2. The molecular weight excluding hydrogens is 236 g/mol. The monoisotopic (exact) mass is 260 g/mol. The Hall–Kier alpha value is -1.35. The van der Waals surface area contributed by atoms with Gasteiger partial charge in [0.25, 0.3) is 0 Å². The Kier molecular flexibility index (Phi) is 4.25. The van der Waals surface area contributed by atoms with E-state index in [4.69, 9.17) is 5.73 Å². The Morgan fingerprint density at radius 2 is 2.05 bits per heavy atom. The molecular formula is C16H24N2O. The van der Waals surface area contributed by atoms with Crippen LogP contribution in [0, 0.1) is 5.41 Å². The SMILES string of the molecule is CC(C)(Cc1ccccc1)C(=O)N1CCCC(N)C1. The van der Waals surface area contributed by atoms with Crippen molar-refractivity contribution in [3.8, 4) is 0 Å². The van der Waals surface area contributed by atoms with Crippen LogP contribution in [0.1, 0.15) is 32.3 Å². The van der Waals surface area contributed by atoms with Crippen LogP contribution in [0.15, 0.2) is 30.3 Å². The van der Waals surface area contributed by atoms with Gasteiger partial charge in [0.2, 0.25) is 5.91 Å². The molecule has 104 valence electrons. The topological polar surface area (TPSA) is 46.3 Å². The molecule has 0 radical (unpaired) electrons. The summed E-state index contributed by atoms with van der Waals surface area (Å²) in [6.45, 7) is 5.62. The van der Waals surface area contributed by atoms with E-state index in [0.29, 0.717) is 6.54 Å². The third kappa shape index (κ3) is 3.57. The van der Waals surface area contributed by atoms with E-state index in [0.717, 1.165) is 25.8 Å². The van der Waals surface area contributed by atoms with E-state index in [-0.39, 0.29) is 17.4 Å². The lowest BCUT2D eigenvalue weighted by atomic mass is 9.83. The first-order chi connectivity index (χ1) is 8.99. The van der Waals surface area contributed by atoms with Crippen molar-refractivity contribution in [3.05, 3.63) is 35.9 Å². The molecule has 1 heterocycles. The van der Waals surface area contributed by atoms with Crippen molar-refractivity contribution in [2.75, 3.05) is 13.1 Å². The Morgan fingerprint density at radius 3 is 2.68 bits per heavy atom. The van der Waals surface area contributed by atoms with Crippen LogP contribution >= 0.6 is 0 Å². The van der Waals surface area contributed by atoms with Gasteiger partial charge >= 0.3 is 0 Å². The van der Waals surface area contributed by atoms with Crippen molar-refractivity contribution >= 4 is 5.91 Å². The average molecular weight is 260 g/mol. The summed E-state index contributed by atoms with van der Waals surface area (Å²) in [5.41, 5.74) is 6.81. The van der Waals surface area contributed by atoms with E-state index in [1.807, 2.05) is 36.9 Å². The van der Waals surface area contributed by atoms with Gasteiger partial charge in [-0.25, -0.2) is 0 Å².